The number of benzene rings is 1. The molecule has 2 N–H and O–H groups in total. The number of methoxy groups -OCH3 is 1. The second kappa shape index (κ2) is 5.84. The van der Waals surface area contributed by atoms with E-state index in [4.69, 9.17) is 5.84 Å². The van der Waals surface area contributed by atoms with Crippen molar-refractivity contribution in [2.75, 3.05) is 13.0 Å². The van der Waals surface area contributed by atoms with Gasteiger partial charge in [-0.1, -0.05) is 27.7 Å². The molecule has 0 aliphatic rings. The summed E-state index contributed by atoms with van der Waals surface area (Å²) in [5.41, 5.74) is 0.162. The van der Waals surface area contributed by atoms with Crippen LogP contribution in [0.15, 0.2) is 32.6 Å². The first-order valence-corrected chi connectivity index (χ1v) is 7.33. The number of fused-ring (bicyclic) bond motifs is 1. The Balaban J connectivity index is 2.50. The van der Waals surface area contributed by atoms with Gasteiger partial charge in [0.05, 0.1) is 18.0 Å². The van der Waals surface area contributed by atoms with E-state index in [-0.39, 0.29) is 10.7 Å². The molecule has 0 bridgehead atoms. The lowest BCUT2D eigenvalue weighted by Gasteiger charge is -2.11. The number of halogens is 1. The maximum atomic E-state index is 12.2. The Kier molecular flexibility index (Phi) is 4.34. The molecule has 0 aliphatic heterocycles. The zero-order valence-electron chi connectivity index (χ0n) is 10.8. The monoisotopic (exact) mass is 357 g/mol. The Hall–Kier alpha value is -1.54. The molecule has 2 rings (SSSR count). The second-order valence-electron chi connectivity index (χ2n) is 4.01. The molecule has 1 heterocycles. The van der Waals surface area contributed by atoms with Crippen LogP contribution >= 0.6 is 27.7 Å². The van der Waals surface area contributed by atoms with Gasteiger partial charge in [0.25, 0.3) is 5.56 Å². The molecule has 1 atom stereocenters. The van der Waals surface area contributed by atoms with Crippen LogP contribution in [0.25, 0.3) is 10.9 Å². The van der Waals surface area contributed by atoms with Crippen LogP contribution in [0.2, 0.25) is 0 Å². The molecule has 8 heteroatoms. The van der Waals surface area contributed by atoms with Gasteiger partial charge in [0.1, 0.15) is 5.25 Å². The van der Waals surface area contributed by atoms with Crippen LogP contribution in [0, 0.1) is 0 Å². The minimum absolute atomic E-state index is 0.266. The highest BCUT2D eigenvalue weighted by Crippen LogP contribution is 2.23. The van der Waals surface area contributed by atoms with Gasteiger partial charge in [-0.2, -0.15) is 0 Å². The molecule has 0 radical (unpaired) electrons. The molecular weight excluding hydrogens is 346 g/mol. The SMILES string of the molecule is COC(=O)C(C)Sc1nc2ccc(Br)cc2c(=O)n1N. The molecule has 20 heavy (non-hydrogen) atoms. The lowest BCUT2D eigenvalue weighted by molar-refractivity contribution is -0.139. The zero-order valence-corrected chi connectivity index (χ0v) is 13.2. The van der Waals surface area contributed by atoms with Crippen LogP contribution < -0.4 is 11.4 Å². The van der Waals surface area contributed by atoms with Gasteiger partial charge in [0, 0.05) is 4.47 Å². The predicted molar refractivity (Wildman–Crippen MR) is 81.2 cm³/mol. The lowest BCUT2D eigenvalue weighted by atomic mass is 10.2. The number of nitrogens with two attached hydrogens (primary N) is 1. The smallest absolute Gasteiger partial charge is 0.318 e. The number of thioether (sulfide) groups is 1. The summed E-state index contributed by atoms with van der Waals surface area (Å²) in [4.78, 5) is 27.9. The van der Waals surface area contributed by atoms with Gasteiger partial charge >= 0.3 is 5.97 Å². The maximum absolute atomic E-state index is 12.2. The van der Waals surface area contributed by atoms with Crippen molar-refractivity contribution in [3.05, 3.63) is 33.0 Å². The molecule has 6 nitrogen and oxygen atoms in total. The number of ether oxygens (including phenoxy) is 1. The van der Waals surface area contributed by atoms with Crippen LogP contribution in [-0.2, 0) is 9.53 Å². The van der Waals surface area contributed by atoms with Gasteiger partial charge in [0.15, 0.2) is 5.16 Å². The molecule has 1 unspecified atom stereocenters. The molecule has 0 saturated carbocycles. The fourth-order valence-corrected chi connectivity index (χ4v) is 2.82. The highest BCUT2D eigenvalue weighted by molar-refractivity contribution is 9.10. The quantitative estimate of drug-likeness (QED) is 0.388. The van der Waals surface area contributed by atoms with Crippen molar-refractivity contribution in [3.63, 3.8) is 0 Å². The van der Waals surface area contributed by atoms with E-state index < -0.39 is 11.2 Å². The number of nitrogen functional groups attached to an aromatic ring is 1. The summed E-state index contributed by atoms with van der Waals surface area (Å²) < 4.78 is 6.35. The van der Waals surface area contributed by atoms with Crippen LogP contribution in [0.3, 0.4) is 0 Å². The van der Waals surface area contributed by atoms with Crippen LogP contribution in [0.4, 0.5) is 0 Å². The van der Waals surface area contributed by atoms with Crippen LogP contribution in [0.1, 0.15) is 6.92 Å². The number of esters is 1. The van der Waals surface area contributed by atoms with Crippen LogP contribution in [-0.4, -0.2) is 28.0 Å². The maximum Gasteiger partial charge on any atom is 0.318 e. The third-order valence-electron chi connectivity index (χ3n) is 2.65. The van der Waals surface area contributed by atoms with Crippen molar-refractivity contribution in [3.8, 4) is 0 Å². The largest absolute Gasteiger partial charge is 0.468 e. The summed E-state index contributed by atoms with van der Waals surface area (Å²) in [6.45, 7) is 1.66. The van der Waals surface area contributed by atoms with Crippen molar-refractivity contribution >= 4 is 44.6 Å². The van der Waals surface area contributed by atoms with Gasteiger partial charge in [0.2, 0.25) is 0 Å². The first-order chi connectivity index (χ1) is 9.43. The van der Waals surface area contributed by atoms with Crippen molar-refractivity contribution in [1.29, 1.82) is 0 Å². The van der Waals surface area contributed by atoms with E-state index in [0.717, 1.165) is 20.9 Å². The molecule has 0 fully saturated rings. The standard InChI is InChI=1S/C12H12BrN3O3S/c1-6(11(18)19-2)20-12-15-9-4-3-7(13)5-8(9)10(17)16(12)14/h3-6H,14H2,1-2H3. The Morgan fingerprint density at radius 2 is 2.25 bits per heavy atom. The minimum atomic E-state index is -0.505. The van der Waals surface area contributed by atoms with E-state index in [1.54, 1.807) is 25.1 Å². The summed E-state index contributed by atoms with van der Waals surface area (Å²) in [6, 6.07) is 5.16. The van der Waals surface area contributed by atoms with Gasteiger partial charge in [-0.25, -0.2) is 9.66 Å². The molecule has 0 amide bonds. The summed E-state index contributed by atoms with van der Waals surface area (Å²) >= 11 is 4.37. The van der Waals surface area contributed by atoms with Gasteiger partial charge in [-0.3, -0.25) is 9.59 Å². The van der Waals surface area contributed by atoms with Crippen molar-refractivity contribution in [2.24, 2.45) is 0 Å². The second-order valence-corrected chi connectivity index (χ2v) is 6.24. The highest BCUT2D eigenvalue weighted by atomic mass is 79.9. The highest BCUT2D eigenvalue weighted by Gasteiger charge is 2.19. The Labute approximate surface area is 127 Å². The molecule has 0 aliphatic carbocycles. The van der Waals surface area contributed by atoms with E-state index in [0.29, 0.717) is 10.9 Å². The number of hydrogen-bond donors (Lipinski definition) is 1. The molecule has 2 aromatic rings. The third kappa shape index (κ3) is 2.80. The van der Waals surface area contributed by atoms with Crippen molar-refractivity contribution in [1.82, 2.24) is 9.66 Å². The predicted octanol–water partition coefficient (Wildman–Crippen LogP) is 1.53. The van der Waals surface area contributed by atoms with E-state index in [1.165, 1.54) is 7.11 Å². The summed E-state index contributed by atoms with van der Waals surface area (Å²) in [5.74, 6) is 5.34. The van der Waals surface area contributed by atoms with E-state index in [1.807, 2.05) is 0 Å². The average Bonchev–Trinajstić information content (AvgIpc) is 2.44. The van der Waals surface area contributed by atoms with Gasteiger partial charge in [-0.05, 0) is 25.1 Å². The number of aromatic nitrogens is 2. The molecule has 0 spiro atoms. The number of nitrogens with zero attached hydrogens (tertiary/aromatic N) is 2. The molecule has 1 aromatic carbocycles. The van der Waals surface area contributed by atoms with Crippen molar-refractivity contribution < 1.29 is 9.53 Å². The Morgan fingerprint density at radius 1 is 1.55 bits per heavy atom. The van der Waals surface area contributed by atoms with Gasteiger partial charge in [-0.15, -0.1) is 0 Å². The zero-order chi connectivity index (χ0) is 14.9. The first-order valence-electron chi connectivity index (χ1n) is 5.66. The molecule has 106 valence electrons. The molecular formula is C12H12BrN3O3S. The first kappa shape index (κ1) is 14.9. The van der Waals surface area contributed by atoms with Crippen LogP contribution in [0.5, 0.6) is 0 Å². The number of hydrogen-bond acceptors (Lipinski definition) is 6. The van der Waals surface area contributed by atoms with E-state index in [2.05, 4.69) is 25.7 Å². The Morgan fingerprint density at radius 3 is 2.90 bits per heavy atom. The number of rotatable bonds is 3. The fraction of sp³-hybridized carbons (Fsp3) is 0.250. The normalized spacial score (nSPS) is 12.3. The van der Waals surface area contributed by atoms with E-state index in [9.17, 15) is 9.59 Å². The summed E-state index contributed by atoms with van der Waals surface area (Å²) in [5, 5.41) is 0.175. The topological polar surface area (TPSA) is 87.2 Å². The van der Waals surface area contributed by atoms with Gasteiger partial charge < -0.3 is 10.6 Å². The molecule has 0 saturated heterocycles. The average molecular weight is 358 g/mol. The summed E-state index contributed by atoms with van der Waals surface area (Å²) in [6.07, 6.45) is 0. The number of carbonyl (C=O) groups is 1. The van der Waals surface area contributed by atoms with E-state index >= 15 is 0 Å². The minimum Gasteiger partial charge on any atom is -0.468 e. The van der Waals surface area contributed by atoms with Crippen molar-refractivity contribution in [2.45, 2.75) is 17.3 Å². The lowest BCUT2D eigenvalue weighted by Crippen LogP contribution is -2.30. The molecule has 1 aromatic heterocycles. The fourth-order valence-electron chi connectivity index (χ4n) is 1.61. The number of carbonyl (C=O) groups excluding carboxylic acids is 1. The Bertz CT molecular complexity index is 732. The third-order valence-corrected chi connectivity index (χ3v) is 4.18. The summed E-state index contributed by atoms with van der Waals surface area (Å²) in [7, 11) is 1.31.